The Morgan fingerprint density at radius 2 is 1.50 bits per heavy atom. The highest BCUT2D eigenvalue weighted by Gasteiger charge is 2.31. The Kier molecular flexibility index (Phi) is 6.43. The first-order valence-corrected chi connectivity index (χ1v) is 10.9. The number of carbonyl (C=O) groups is 1. The largest absolute Gasteiger partial charge is 0.481 e. The average Bonchev–Trinajstić information content (AvgIpc) is 2.78. The Balaban J connectivity index is 1.69. The van der Waals surface area contributed by atoms with Crippen LogP contribution in [0.5, 0.6) is 0 Å². The summed E-state index contributed by atoms with van der Waals surface area (Å²) in [6.45, 7) is 1.40. The molecule has 1 unspecified atom stereocenters. The first kappa shape index (κ1) is 20.9. The molecule has 3 aromatic rings. The van der Waals surface area contributed by atoms with Crippen LogP contribution in [0.3, 0.4) is 0 Å². The molecule has 0 amide bonds. The van der Waals surface area contributed by atoms with E-state index in [4.69, 9.17) is 23.2 Å². The fourth-order valence-corrected chi connectivity index (χ4v) is 4.62. The molecule has 0 spiro atoms. The lowest BCUT2D eigenvalue weighted by Crippen LogP contribution is -2.39. The summed E-state index contributed by atoms with van der Waals surface area (Å²) < 4.78 is 0. The number of carboxylic acid groups (broad SMARTS) is 1. The van der Waals surface area contributed by atoms with Crippen LogP contribution in [0.2, 0.25) is 10.0 Å². The maximum absolute atomic E-state index is 11.4. The average molecular weight is 440 g/mol. The molecule has 1 saturated heterocycles. The zero-order valence-electron chi connectivity index (χ0n) is 16.5. The van der Waals surface area contributed by atoms with E-state index in [0.717, 1.165) is 16.7 Å². The quantitative estimate of drug-likeness (QED) is 0.489. The van der Waals surface area contributed by atoms with Gasteiger partial charge < -0.3 is 5.11 Å². The first-order valence-electron chi connectivity index (χ1n) is 10.1. The number of benzene rings is 3. The van der Waals surface area contributed by atoms with Gasteiger partial charge in [-0.25, -0.2) is 0 Å². The van der Waals surface area contributed by atoms with E-state index in [-0.39, 0.29) is 12.0 Å². The molecule has 0 saturated carbocycles. The molecule has 1 atom stereocenters. The van der Waals surface area contributed by atoms with E-state index in [2.05, 4.69) is 41.3 Å². The van der Waals surface area contributed by atoms with Crippen LogP contribution in [0.25, 0.3) is 11.1 Å². The monoisotopic (exact) mass is 439 g/mol. The molecule has 1 heterocycles. The summed E-state index contributed by atoms with van der Waals surface area (Å²) in [5.41, 5.74) is 4.39. The van der Waals surface area contributed by atoms with Crippen LogP contribution in [0, 0.1) is 5.92 Å². The van der Waals surface area contributed by atoms with Crippen molar-refractivity contribution in [2.45, 2.75) is 18.9 Å². The molecule has 0 radical (unpaired) electrons. The number of rotatable bonds is 5. The molecule has 0 aromatic heterocycles. The molecule has 1 aliphatic rings. The van der Waals surface area contributed by atoms with Crippen molar-refractivity contribution < 1.29 is 9.90 Å². The summed E-state index contributed by atoms with van der Waals surface area (Å²) in [5.74, 6) is -0.989. The maximum Gasteiger partial charge on any atom is 0.306 e. The number of piperidine rings is 1. The number of nitrogens with zero attached hydrogens (tertiary/aromatic N) is 1. The van der Waals surface area contributed by atoms with Gasteiger partial charge in [-0.05, 0) is 54.3 Å². The van der Waals surface area contributed by atoms with Gasteiger partial charge in [-0.15, -0.1) is 0 Å². The Morgan fingerprint density at radius 1 is 0.867 bits per heavy atom. The van der Waals surface area contributed by atoms with Crippen LogP contribution >= 0.6 is 23.2 Å². The molecule has 5 heteroatoms. The number of aliphatic carboxylic acids is 1. The molecule has 1 fully saturated rings. The van der Waals surface area contributed by atoms with Crippen molar-refractivity contribution in [1.82, 2.24) is 4.90 Å². The molecule has 3 nitrogen and oxygen atoms in total. The van der Waals surface area contributed by atoms with Crippen LogP contribution < -0.4 is 0 Å². The standard InChI is InChI=1S/C25H23Cl2NO2/c26-22-8-4-7-21(23(22)27)24(28-15-13-20(14-16-28)25(29)30)19-11-9-18(10-12-19)17-5-2-1-3-6-17/h1-12,20,24H,13-16H2,(H,29,30). The maximum atomic E-state index is 11.4. The van der Waals surface area contributed by atoms with Gasteiger partial charge in [-0.2, -0.15) is 0 Å². The van der Waals surface area contributed by atoms with Crippen LogP contribution in [-0.4, -0.2) is 29.1 Å². The van der Waals surface area contributed by atoms with E-state index in [1.165, 1.54) is 5.56 Å². The van der Waals surface area contributed by atoms with E-state index in [0.29, 0.717) is 36.0 Å². The number of hydrogen-bond acceptors (Lipinski definition) is 2. The number of likely N-dealkylation sites (tertiary alicyclic amines) is 1. The van der Waals surface area contributed by atoms with Gasteiger partial charge in [0.25, 0.3) is 0 Å². The third-order valence-corrected chi connectivity index (χ3v) is 6.69. The third kappa shape index (κ3) is 4.39. The van der Waals surface area contributed by atoms with Crippen molar-refractivity contribution >= 4 is 29.2 Å². The van der Waals surface area contributed by atoms with Crippen LogP contribution in [0.4, 0.5) is 0 Å². The summed E-state index contributed by atoms with van der Waals surface area (Å²) in [6.07, 6.45) is 1.26. The highest BCUT2D eigenvalue weighted by molar-refractivity contribution is 6.42. The second kappa shape index (κ2) is 9.22. The minimum atomic E-state index is -0.709. The molecule has 30 heavy (non-hydrogen) atoms. The van der Waals surface area contributed by atoms with Gasteiger partial charge in [0.05, 0.1) is 22.0 Å². The van der Waals surface area contributed by atoms with Crippen molar-refractivity contribution in [3.8, 4) is 11.1 Å². The molecule has 3 aromatic carbocycles. The van der Waals surface area contributed by atoms with Crippen LogP contribution in [0.1, 0.15) is 30.0 Å². The van der Waals surface area contributed by atoms with Gasteiger partial charge in [-0.1, -0.05) is 89.9 Å². The molecular weight excluding hydrogens is 417 g/mol. The lowest BCUT2D eigenvalue weighted by atomic mass is 9.90. The minimum absolute atomic E-state index is 0.0734. The molecule has 1 N–H and O–H groups in total. The highest BCUT2D eigenvalue weighted by Crippen LogP contribution is 2.39. The summed E-state index contributed by atoms with van der Waals surface area (Å²) in [4.78, 5) is 13.7. The Hall–Kier alpha value is -2.33. The van der Waals surface area contributed by atoms with Crippen molar-refractivity contribution in [1.29, 1.82) is 0 Å². The molecule has 0 bridgehead atoms. The topological polar surface area (TPSA) is 40.5 Å². The van der Waals surface area contributed by atoms with Gasteiger partial charge in [0, 0.05) is 0 Å². The summed E-state index contributed by atoms with van der Waals surface area (Å²) >= 11 is 12.9. The number of carboxylic acids is 1. The summed E-state index contributed by atoms with van der Waals surface area (Å²) in [7, 11) is 0. The van der Waals surface area contributed by atoms with Crippen molar-refractivity contribution in [2.24, 2.45) is 5.92 Å². The van der Waals surface area contributed by atoms with Gasteiger partial charge in [0.1, 0.15) is 0 Å². The SMILES string of the molecule is O=C(O)C1CCN(C(c2ccc(-c3ccccc3)cc2)c2cccc(Cl)c2Cl)CC1. The fraction of sp³-hybridized carbons (Fsp3) is 0.240. The molecule has 154 valence electrons. The van der Waals surface area contributed by atoms with Gasteiger partial charge in [0.15, 0.2) is 0 Å². The number of hydrogen-bond donors (Lipinski definition) is 1. The first-order chi connectivity index (χ1) is 14.5. The van der Waals surface area contributed by atoms with Crippen molar-refractivity contribution in [3.63, 3.8) is 0 Å². The Bertz CT molecular complexity index is 1010. The van der Waals surface area contributed by atoms with Crippen molar-refractivity contribution in [3.05, 3.63) is 94.0 Å². The smallest absolute Gasteiger partial charge is 0.306 e. The van der Waals surface area contributed by atoms with E-state index in [9.17, 15) is 9.90 Å². The minimum Gasteiger partial charge on any atom is -0.481 e. The molecule has 0 aliphatic carbocycles. The molecule has 4 rings (SSSR count). The van der Waals surface area contributed by atoms with Gasteiger partial charge in [0.2, 0.25) is 0 Å². The second-order valence-corrected chi connectivity index (χ2v) is 8.47. The fourth-order valence-electron chi connectivity index (χ4n) is 4.21. The zero-order valence-corrected chi connectivity index (χ0v) is 18.0. The highest BCUT2D eigenvalue weighted by atomic mass is 35.5. The normalized spacial score (nSPS) is 16.3. The lowest BCUT2D eigenvalue weighted by molar-refractivity contribution is -0.143. The Labute approximate surface area is 186 Å². The van der Waals surface area contributed by atoms with Gasteiger partial charge in [-0.3, -0.25) is 9.69 Å². The van der Waals surface area contributed by atoms with Crippen molar-refractivity contribution in [2.75, 3.05) is 13.1 Å². The van der Waals surface area contributed by atoms with Crippen LogP contribution in [-0.2, 0) is 4.79 Å². The van der Waals surface area contributed by atoms with Gasteiger partial charge >= 0.3 is 5.97 Å². The zero-order chi connectivity index (χ0) is 21.1. The van der Waals surface area contributed by atoms with E-state index < -0.39 is 5.97 Å². The Morgan fingerprint density at radius 3 is 2.13 bits per heavy atom. The third-order valence-electron chi connectivity index (χ3n) is 5.85. The predicted octanol–water partition coefficient (Wildman–Crippen LogP) is 6.55. The van der Waals surface area contributed by atoms with E-state index >= 15 is 0 Å². The predicted molar refractivity (Wildman–Crippen MR) is 122 cm³/mol. The summed E-state index contributed by atoms with van der Waals surface area (Å²) in [6, 6.07) is 24.4. The number of halogens is 2. The lowest BCUT2D eigenvalue weighted by Gasteiger charge is -2.37. The second-order valence-electron chi connectivity index (χ2n) is 7.68. The summed E-state index contributed by atoms with van der Waals surface area (Å²) in [5, 5.41) is 10.4. The van der Waals surface area contributed by atoms with E-state index in [1.807, 2.05) is 30.3 Å². The molecule has 1 aliphatic heterocycles. The molecular formula is C25H23Cl2NO2. The van der Waals surface area contributed by atoms with E-state index in [1.54, 1.807) is 6.07 Å². The van der Waals surface area contributed by atoms with Crippen LogP contribution in [0.15, 0.2) is 72.8 Å².